The fourth-order valence-corrected chi connectivity index (χ4v) is 5.24. The van der Waals surface area contributed by atoms with Crippen LogP contribution >= 0.6 is 11.3 Å². The predicted octanol–water partition coefficient (Wildman–Crippen LogP) is 4.85. The zero-order valence-corrected chi connectivity index (χ0v) is 18.9. The normalized spacial score (nSPS) is 11.3. The van der Waals surface area contributed by atoms with Gasteiger partial charge in [-0.15, -0.1) is 11.3 Å². The van der Waals surface area contributed by atoms with Gasteiger partial charge in [-0.3, -0.25) is 20.2 Å². The maximum atomic E-state index is 12.7. The highest BCUT2D eigenvalue weighted by Gasteiger charge is 2.23. The molecule has 0 saturated carbocycles. The number of nitro benzene ring substituents is 1. The number of benzene rings is 2. The number of aryl methyl sites for hydroxylation is 1. The zero-order chi connectivity index (χ0) is 23.6. The summed E-state index contributed by atoms with van der Waals surface area (Å²) in [5.41, 5.74) is 1.73. The van der Waals surface area contributed by atoms with Gasteiger partial charge in [-0.05, 0) is 25.1 Å². The molecule has 0 bridgehead atoms. The molecule has 4 rings (SSSR count). The number of thiazole rings is 1. The summed E-state index contributed by atoms with van der Waals surface area (Å²) in [4.78, 5) is 27.9. The van der Waals surface area contributed by atoms with Crippen molar-refractivity contribution >= 4 is 37.9 Å². The Morgan fingerprint density at radius 1 is 1.18 bits per heavy atom. The number of nitro groups is 1. The van der Waals surface area contributed by atoms with E-state index in [-0.39, 0.29) is 27.0 Å². The number of hydrogen-bond acceptors (Lipinski definition) is 8. The molecule has 4 aromatic rings. The molecule has 33 heavy (non-hydrogen) atoms. The quantitative estimate of drug-likeness (QED) is 0.294. The minimum absolute atomic E-state index is 0.0223. The lowest BCUT2D eigenvalue weighted by molar-refractivity contribution is -0.385. The summed E-state index contributed by atoms with van der Waals surface area (Å²) in [5.74, 6) is -1.17. The third-order valence-electron chi connectivity index (χ3n) is 4.83. The number of amides is 1. The Kier molecular flexibility index (Phi) is 6.07. The molecule has 9 nitrogen and oxygen atoms in total. The second-order valence-corrected chi connectivity index (χ2v) is 9.95. The highest BCUT2D eigenvalue weighted by molar-refractivity contribution is 7.90. The molecule has 168 valence electrons. The Morgan fingerprint density at radius 3 is 2.67 bits per heavy atom. The maximum absolute atomic E-state index is 12.7. The van der Waals surface area contributed by atoms with E-state index in [2.05, 4.69) is 10.3 Å². The molecule has 2 aromatic heterocycles. The first kappa shape index (κ1) is 22.4. The Bertz CT molecular complexity index is 1440. The van der Waals surface area contributed by atoms with Crippen molar-refractivity contribution in [1.29, 1.82) is 0 Å². The number of furan rings is 1. The van der Waals surface area contributed by atoms with Crippen molar-refractivity contribution in [3.8, 4) is 11.3 Å². The number of carbonyl (C=O) groups is 1. The monoisotopic (exact) mass is 483 g/mol. The largest absolute Gasteiger partial charge is 0.459 e. The maximum Gasteiger partial charge on any atom is 0.293 e. The summed E-state index contributed by atoms with van der Waals surface area (Å²) in [5, 5.41) is 15.7. The lowest BCUT2D eigenvalue weighted by Crippen LogP contribution is -2.14. The van der Waals surface area contributed by atoms with Gasteiger partial charge in [-0.25, -0.2) is 13.4 Å². The summed E-state index contributed by atoms with van der Waals surface area (Å²) in [6, 6.07) is 14.1. The predicted molar refractivity (Wildman–Crippen MR) is 123 cm³/mol. The van der Waals surface area contributed by atoms with E-state index in [9.17, 15) is 23.3 Å². The number of hydrogen-bond donors (Lipinski definition) is 1. The van der Waals surface area contributed by atoms with Gasteiger partial charge < -0.3 is 4.42 Å². The molecule has 0 radical (unpaired) electrons. The van der Waals surface area contributed by atoms with E-state index in [0.717, 1.165) is 11.3 Å². The summed E-state index contributed by atoms with van der Waals surface area (Å²) in [6.45, 7) is 1.65. The zero-order valence-electron chi connectivity index (χ0n) is 17.2. The third-order valence-corrected chi connectivity index (χ3v) is 7.27. The smallest absolute Gasteiger partial charge is 0.293 e. The Morgan fingerprint density at radius 2 is 1.94 bits per heavy atom. The van der Waals surface area contributed by atoms with Crippen LogP contribution in [0.15, 0.2) is 75.6 Å². The van der Waals surface area contributed by atoms with Crippen LogP contribution < -0.4 is 5.32 Å². The molecule has 0 unspecified atom stereocenters. The molecular weight excluding hydrogens is 466 g/mol. The van der Waals surface area contributed by atoms with Crippen LogP contribution in [0.5, 0.6) is 0 Å². The number of nitrogens with one attached hydrogen (secondary N) is 1. The SMILES string of the molecule is Cc1ccc(-c2csc(NC(=O)c3occc3CS(=O)(=O)c3ccccc3)n2)cc1[N+](=O)[O-]. The number of anilines is 1. The summed E-state index contributed by atoms with van der Waals surface area (Å²) >= 11 is 1.13. The van der Waals surface area contributed by atoms with Crippen LogP contribution in [-0.2, 0) is 15.6 Å². The summed E-state index contributed by atoms with van der Waals surface area (Å²) < 4.78 is 30.6. The van der Waals surface area contributed by atoms with Crippen molar-refractivity contribution in [3.05, 3.63) is 93.2 Å². The Labute approximate surface area is 192 Å². The van der Waals surface area contributed by atoms with E-state index >= 15 is 0 Å². The van der Waals surface area contributed by atoms with Gasteiger partial charge in [0, 0.05) is 28.1 Å². The van der Waals surface area contributed by atoms with Gasteiger partial charge in [-0.2, -0.15) is 0 Å². The van der Waals surface area contributed by atoms with Crippen LogP contribution in [0.1, 0.15) is 21.7 Å². The molecule has 0 saturated heterocycles. The molecule has 11 heteroatoms. The molecule has 0 aliphatic heterocycles. The second kappa shape index (κ2) is 8.96. The van der Waals surface area contributed by atoms with Crippen LogP contribution in [0.4, 0.5) is 10.8 Å². The number of sulfone groups is 1. The first-order chi connectivity index (χ1) is 15.7. The fraction of sp³-hybridized carbons (Fsp3) is 0.0909. The van der Waals surface area contributed by atoms with Gasteiger partial charge in [0.25, 0.3) is 11.6 Å². The van der Waals surface area contributed by atoms with E-state index in [1.807, 2.05) is 0 Å². The number of aromatic nitrogens is 1. The van der Waals surface area contributed by atoms with Crippen LogP contribution in [-0.4, -0.2) is 24.2 Å². The van der Waals surface area contributed by atoms with Crippen molar-refractivity contribution in [1.82, 2.24) is 4.98 Å². The molecule has 0 spiro atoms. The first-order valence-electron chi connectivity index (χ1n) is 9.61. The average molecular weight is 484 g/mol. The molecule has 0 aliphatic rings. The summed E-state index contributed by atoms with van der Waals surface area (Å²) in [6.07, 6.45) is 1.25. The second-order valence-electron chi connectivity index (χ2n) is 7.10. The van der Waals surface area contributed by atoms with E-state index in [4.69, 9.17) is 4.42 Å². The van der Waals surface area contributed by atoms with Crippen molar-refractivity contribution < 1.29 is 22.6 Å². The summed E-state index contributed by atoms with van der Waals surface area (Å²) in [7, 11) is -3.67. The highest BCUT2D eigenvalue weighted by atomic mass is 32.2. The van der Waals surface area contributed by atoms with Gasteiger partial charge in [0.15, 0.2) is 20.7 Å². The number of carbonyl (C=O) groups excluding carboxylic acids is 1. The Balaban J connectivity index is 1.52. The van der Waals surface area contributed by atoms with E-state index in [0.29, 0.717) is 16.8 Å². The average Bonchev–Trinajstić information content (AvgIpc) is 3.44. The molecule has 1 N–H and O–H groups in total. The first-order valence-corrected chi connectivity index (χ1v) is 12.1. The lowest BCUT2D eigenvalue weighted by Gasteiger charge is -2.05. The van der Waals surface area contributed by atoms with Crippen molar-refractivity contribution in [2.24, 2.45) is 0 Å². The van der Waals surface area contributed by atoms with Gasteiger partial charge >= 0.3 is 0 Å². The molecule has 0 aliphatic carbocycles. The van der Waals surface area contributed by atoms with Crippen LogP contribution in [0.3, 0.4) is 0 Å². The van der Waals surface area contributed by atoms with Gasteiger partial charge in [0.05, 0.1) is 27.5 Å². The minimum Gasteiger partial charge on any atom is -0.459 e. The molecule has 0 atom stereocenters. The molecule has 2 heterocycles. The fourth-order valence-electron chi connectivity index (χ4n) is 3.15. The van der Waals surface area contributed by atoms with Crippen LogP contribution in [0.2, 0.25) is 0 Å². The standard InChI is InChI=1S/C22H17N3O6S2/c1-14-7-8-15(11-19(14)25(27)28)18-12-32-22(23-18)24-21(26)20-16(9-10-31-20)13-33(29,30)17-5-3-2-4-6-17/h2-12H,13H2,1H3,(H,23,24,26). The Hall–Kier alpha value is -3.83. The molecular formula is C22H17N3O6S2. The van der Waals surface area contributed by atoms with Gasteiger partial charge in [0.2, 0.25) is 0 Å². The number of rotatable bonds is 7. The van der Waals surface area contributed by atoms with E-state index in [1.54, 1.807) is 42.6 Å². The van der Waals surface area contributed by atoms with Crippen molar-refractivity contribution in [3.63, 3.8) is 0 Å². The van der Waals surface area contributed by atoms with Crippen molar-refractivity contribution in [2.75, 3.05) is 5.32 Å². The topological polar surface area (TPSA) is 132 Å². The van der Waals surface area contributed by atoms with E-state index in [1.165, 1.54) is 30.5 Å². The number of nitrogens with zero attached hydrogens (tertiary/aromatic N) is 2. The van der Waals surface area contributed by atoms with Crippen LogP contribution in [0.25, 0.3) is 11.3 Å². The molecule has 2 aromatic carbocycles. The molecule has 1 amide bonds. The molecule has 0 fully saturated rings. The van der Waals surface area contributed by atoms with Crippen LogP contribution in [0, 0.1) is 17.0 Å². The van der Waals surface area contributed by atoms with Crippen molar-refractivity contribution in [2.45, 2.75) is 17.6 Å². The van der Waals surface area contributed by atoms with Gasteiger partial charge in [-0.1, -0.05) is 30.3 Å². The van der Waals surface area contributed by atoms with Gasteiger partial charge in [0.1, 0.15) is 0 Å². The third kappa shape index (κ3) is 4.83. The lowest BCUT2D eigenvalue weighted by atomic mass is 10.1. The van der Waals surface area contributed by atoms with E-state index < -0.39 is 26.4 Å². The minimum atomic E-state index is -3.67. The highest BCUT2D eigenvalue weighted by Crippen LogP contribution is 2.30.